The highest BCUT2D eigenvalue weighted by Gasteiger charge is 2.52. The number of likely N-dealkylation sites (tertiary alicyclic amines) is 2. The number of rotatable bonds is 16. The first-order chi connectivity index (χ1) is 29.3. The van der Waals surface area contributed by atoms with Gasteiger partial charge >= 0.3 is 12.2 Å². The van der Waals surface area contributed by atoms with Crippen molar-refractivity contribution in [3.05, 3.63) is 101 Å². The van der Waals surface area contributed by atoms with E-state index in [-0.39, 0.29) is 65.8 Å². The average molecular weight is 837 g/mol. The van der Waals surface area contributed by atoms with Gasteiger partial charge < -0.3 is 34.6 Å². The van der Waals surface area contributed by atoms with Gasteiger partial charge in [0.2, 0.25) is 11.8 Å². The van der Waals surface area contributed by atoms with Gasteiger partial charge in [-0.25, -0.2) is 9.59 Å². The van der Waals surface area contributed by atoms with E-state index in [0.29, 0.717) is 38.8 Å². The lowest BCUT2D eigenvalue weighted by atomic mass is 9.97. The van der Waals surface area contributed by atoms with E-state index < -0.39 is 36.4 Å². The van der Waals surface area contributed by atoms with Crippen LogP contribution in [0.4, 0.5) is 9.59 Å². The molecule has 2 heterocycles. The molecule has 0 radical (unpaired) electrons. The largest absolute Gasteiger partial charge is 0.497 e. The van der Waals surface area contributed by atoms with E-state index in [1.807, 2.05) is 64.1 Å². The van der Waals surface area contributed by atoms with Gasteiger partial charge in [-0.3, -0.25) is 19.2 Å². The molecule has 326 valence electrons. The van der Waals surface area contributed by atoms with E-state index in [4.69, 9.17) is 14.2 Å². The van der Waals surface area contributed by atoms with E-state index in [1.165, 1.54) is 19.8 Å². The fourth-order valence-electron chi connectivity index (χ4n) is 9.22. The van der Waals surface area contributed by atoms with Crippen molar-refractivity contribution in [1.29, 1.82) is 0 Å². The van der Waals surface area contributed by atoms with E-state index in [1.54, 1.807) is 16.9 Å². The quantitative estimate of drug-likeness (QED) is 0.168. The molecule has 0 bridgehead atoms. The van der Waals surface area contributed by atoms with E-state index in [0.717, 1.165) is 28.0 Å². The van der Waals surface area contributed by atoms with Gasteiger partial charge in [-0.1, -0.05) is 88.4 Å². The summed E-state index contributed by atoms with van der Waals surface area (Å²) in [5.74, 6) is 0.375. The van der Waals surface area contributed by atoms with Crippen LogP contribution >= 0.6 is 0 Å². The molecule has 3 aromatic rings. The highest BCUT2D eigenvalue weighted by Crippen LogP contribution is 2.66. The van der Waals surface area contributed by atoms with Gasteiger partial charge in [-0.15, -0.1) is 0 Å². The summed E-state index contributed by atoms with van der Waals surface area (Å²) in [6, 6.07) is 21.9. The second-order valence-corrected chi connectivity index (χ2v) is 17.2. The Morgan fingerprint density at radius 2 is 0.902 bits per heavy atom. The number of hydrogen-bond donors (Lipinski definition) is 2. The van der Waals surface area contributed by atoms with Crippen molar-refractivity contribution < 1.29 is 43.0 Å². The van der Waals surface area contributed by atoms with Crippen molar-refractivity contribution in [1.82, 2.24) is 20.4 Å². The van der Waals surface area contributed by atoms with Crippen LogP contribution in [0, 0.1) is 11.8 Å². The summed E-state index contributed by atoms with van der Waals surface area (Å²) in [6.45, 7) is 8.33. The number of nitrogens with zero attached hydrogens (tertiary/aromatic N) is 2. The van der Waals surface area contributed by atoms with Gasteiger partial charge in [0.1, 0.15) is 17.8 Å². The number of ketones is 2. The number of methoxy groups -OCH3 is 3. The first-order valence-corrected chi connectivity index (χ1v) is 21.4. The summed E-state index contributed by atoms with van der Waals surface area (Å²) in [7, 11) is 4.16. The van der Waals surface area contributed by atoms with Crippen molar-refractivity contribution in [2.24, 2.45) is 11.8 Å². The summed E-state index contributed by atoms with van der Waals surface area (Å²) >= 11 is 0. The Morgan fingerprint density at radius 3 is 1.21 bits per heavy atom. The Labute approximate surface area is 358 Å². The standard InChI is InChI=1S/C48H60N4O9/c1-28(2)43(49-47(57)60-6)45(55)51-24-8-10-36(51)38(53)26-30-12-16-32(17-13-30)40-41(42(40)34-20-22-35(59-5)23-21-34)33-18-14-31(15-19-33)27-39(54)37-11-9-25-52(37)46(56)44(29(3)4)50-48(58)61-7/h12-23,28-29,36-37,40-44H,8-11,24-27H2,1-7H3,(H,49,57)(H,50,58)/t36-,37-,40?,41?,42?,43-,44-/m0/s1. The Kier molecular flexibility index (Phi) is 14.5. The maximum Gasteiger partial charge on any atom is 0.407 e. The number of Topliss-reactive ketones (excluding diaryl/α,β-unsaturated/α-hetero) is 2. The number of carbonyl (C=O) groups excluding carboxylic acids is 6. The molecule has 0 spiro atoms. The van der Waals surface area contributed by atoms with Crippen molar-refractivity contribution >= 4 is 35.6 Å². The lowest BCUT2D eigenvalue weighted by Gasteiger charge is -2.30. The number of ether oxygens (including phenoxy) is 3. The van der Waals surface area contributed by atoms with Gasteiger partial charge in [0.05, 0.1) is 33.4 Å². The number of carbonyl (C=O) groups is 6. The first kappa shape index (κ1) is 44.8. The van der Waals surface area contributed by atoms with E-state index in [2.05, 4.69) is 47.0 Å². The SMILES string of the molecule is COC(=O)N[C@H](C(=O)N1CCC[C@H]1C(=O)Cc1ccc(C2C(c3ccc(CC(=O)[C@@H]4CCCN4C(=O)[C@@H](NC(=O)OC)C(C)C)cc3)C2c2ccc(OC)cc2)cc1)C(C)C. The molecule has 3 aromatic carbocycles. The van der Waals surface area contributed by atoms with Gasteiger partial charge in [-0.2, -0.15) is 0 Å². The Balaban J connectivity index is 1.14. The normalized spacial score (nSPS) is 21.8. The Bertz CT molecular complexity index is 1930. The highest BCUT2D eigenvalue weighted by molar-refractivity contribution is 5.94. The van der Waals surface area contributed by atoms with Crippen LogP contribution in [0.1, 0.15) is 98.9 Å². The maximum absolute atomic E-state index is 13.7. The molecular weight excluding hydrogens is 777 g/mol. The Morgan fingerprint density at radius 1 is 0.557 bits per heavy atom. The molecule has 3 aliphatic rings. The summed E-state index contributed by atoms with van der Waals surface area (Å²) in [5, 5.41) is 5.28. The van der Waals surface area contributed by atoms with Gasteiger partial charge in [0.25, 0.3) is 0 Å². The average Bonchev–Trinajstić information content (AvgIpc) is 3.54. The smallest absolute Gasteiger partial charge is 0.407 e. The molecule has 2 saturated heterocycles. The van der Waals surface area contributed by atoms with Crippen LogP contribution in [-0.4, -0.2) is 104 Å². The fraction of sp³-hybridized carbons (Fsp3) is 0.500. The molecule has 2 aliphatic heterocycles. The van der Waals surface area contributed by atoms with Crippen molar-refractivity contribution in [2.45, 2.75) is 108 Å². The molecule has 3 fully saturated rings. The molecule has 0 aromatic heterocycles. The molecule has 13 nitrogen and oxygen atoms in total. The molecule has 1 aliphatic carbocycles. The lowest BCUT2D eigenvalue weighted by Crippen LogP contribution is -2.53. The second kappa shape index (κ2) is 19.8. The van der Waals surface area contributed by atoms with Crippen molar-refractivity contribution in [2.75, 3.05) is 34.4 Å². The number of amides is 4. The summed E-state index contributed by atoms with van der Waals surface area (Å²) in [6.07, 6.45) is 1.62. The molecule has 61 heavy (non-hydrogen) atoms. The predicted octanol–water partition coefficient (Wildman–Crippen LogP) is 6.33. The van der Waals surface area contributed by atoms with Crippen LogP contribution < -0.4 is 15.4 Å². The zero-order valence-electron chi connectivity index (χ0n) is 36.3. The van der Waals surface area contributed by atoms with Crippen molar-refractivity contribution in [3.8, 4) is 5.75 Å². The van der Waals surface area contributed by atoms with E-state index in [9.17, 15) is 28.8 Å². The van der Waals surface area contributed by atoms with Crippen LogP contribution in [0.15, 0.2) is 72.8 Å². The van der Waals surface area contributed by atoms with Crippen LogP contribution in [0.2, 0.25) is 0 Å². The zero-order valence-corrected chi connectivity index (χ0v) is 36.3. The number of hydrogen-bond acceptors (Lipinski definition) is 9. The minimum atomic E-state index is -0.786. The summed E-state index contributed by atoms with van der Waals surface area (Å²) in [4.78, 5) is 81.7. The predicted molar refractivity (Wildman–Crippen MR) is 229 cm³/mol. The van der Waals surface area contributed by atoms with Crippen LogP contribution in [0.25, 0.3) is 0 Å². The summed E-state index contributed by atoms with van der Waals surface area (Å²) in [5.41, 5.74) is 5.24. The third kappa shape index (κ3) is 10.3. The monoisotopic (exact) mass is 836 g/mol. The minimum Gasteiger partial charge on any atom is -0.497 e. The van der Waals surface area contributed by atoms with Crippen molar-refractivity contribution in [3.63, 3.8) is 0 Å². The topological polar surface area (TPSA) is 161 Å². The molecule has 2 N–H and O–H groups in total. The Hall–Kier alpha value is -5.72. The number of benzene rings is 3. The van der Waals surface area contributed by atoms with Gasteiger partial charge in [0, 0.05) is 25.9 Å². The minimum absolute atomic E-state index is 0.0271. The molecule has 4 amide bonds. The lowest BCUT2D eigenvalue weighted by molar-refractivity contribution is -0.140. The molecule has 1 saturated carbocycles. The maximum atomic E-state index is 13.7. The number of nitrogens with one attached hydrogen (secondary N) is 2. The number of alkyl carbamates (subject to hydrolysis) is 2. The fourth-order valence-corrected chi connectivity index (χ4v) is 9.22. The molecule has 6 atom stereocenters. The summed E-state index contributed by atoms with van der Waals surface area (Å²) < 4.78 is 14.9. The second-order valence-electron chi connectivity index (χ2n) is 17.2. The van der Waals surface area contributed by atoms with Crippen LogP contribution in [0.3, 0.4) is 0 Å². The first-order valence-electron chi connectivity index (χ1n) is 21.4. The zero-order chi connectivity index (χ0) is 44.0. The third-order valence-corrected chi connectivity index (χ3v) is 12.6. The molecular formula is C48H60N4O9. The van der Waals surface area contributed by atoms with E-state index >= 15 is 0 Å². The molecule has 6 rings (SSSR count). The third-order valence-electron chi connectivity index (χ3n) is 12.6. The van der Waals surface area contributed by atoms with Gasteiger partial charge in [-0.05, 0) is 95.2 Å². The van der Waals surface area contributed by atoms with Crippen LogP contribution in [-0.2, 0) is 41.5 Å². The highest BCUT2D eigenvalue weighted by atomic mass is 16.5. The van der Waals surface area contributed by atoms with Gasteiger partial charge in [0.15, 0.2) is 11.6 Å². The van der Waals surface area contributed by atoms with Crippen LogP contribution in [0.5, 0.6) is 5.75 Å². The molecule has 2 unspecified atom stereocenters. The molecule has 13 heteroatoms.